The Morgan fingerprint density at radius 3 is 3.05 bits per heavy atom. The minimum atomic E-state index is -0.390. The molecule has 7 nitrogen and oxygen atoms in total. The van der Waals surface area contributed by atoms with Crippen LogP contribution in [0.15, 0.2) is 28.1 Å². The Morgan fingerprint density at radius 1 is 1.57 bits per heavy atom. The van der Waals surface area contributed by atoms with Crippen molar-refractivity contribution in [3.63, 3.8) is 0 Å². The van der Waals surface area contributed by atoms with Gasteiger partial charge in [-0.2, -0.15) is 14.9 Å². The number of aromatic nitrogens is 3. The first kappa shape index (κ1) is 14.9. The number of H-pyrrole nitrogens is 1. The first-order chi connectivity index (χ1) is 10.0. The lowest BCUT2D eigenvalue weighted by atomic mass is 10.2. The van der Waals surface area contributed by atoms with E-state index in [4.69, 9.17) is 17.0 Å². The first-order valence-electron chi connectivity index (χ1n) is 6.21. The number of ether oxygens (including phenoxy) is 1. The maximum absolute atomic E-state index is 11.9. The van der Waals surface area contributed by atoms with Gasteiger partial charge in [0.05, 0.1) is 12.8 Å². The quantitative estimate of drug-likeness (QED) is 0.661. The van der Waals surface area contributed by atoms with Crippen LogP contribution in [0.2, 0.25) is 0 Å². The SMILES string of the molecule is CCOc1cc(C=Nn2c(=S)[nH]nc(C)c2=O)ccc1O. The van der Waals surface area contributed by atoms with Gasteiger partial charge < -0.3 is 9.84 Å². The van der Waals surface area contributed by atoms with Crippen molar-refractivity contribution in [1.82, 2.24) is 14.9 Å². The van der Waals surface area contributed by atoms with Gasteiger partial charge >= 0.3 is 0 Å². The van der Waals surface area contributed by atoms with Crippen molar-refractivity contribution in [2.75, 3.05) is 6.61 Å². The molecular weight excluding hydrogens is 292 g/mol. The molecule has 0 unspecified atom stereocenters. The zero-order valence-electron chi connectivity index (χ0n) is 11.5. The summed E-state index contributed by atoms with van der Waals surface area (Å²) in [5, 5.41) is 19.9. The van der Waals surface area contributed by atoms with Gasteiger partial charge in [-0.05, 0) is 49.8 Å². The maximum atomic E-state index is 11.9. The Hall–Kier alpha value is -2.48. The van der Waals surface area contributed by atoms with E-state index < -0.39 is 0 Å². The average molecular weight is 306 g/mol. The molecule has 8 heteroatoms. The molecule has 1 aromatic carbocycles. The number of benzene rings is 1. The Kier molecular flexibility index (Phi) is 4.49. The van der Waals surface area contributed by atoms with Gasteiger partial charge in [0.25, 0.3) is 5.56 Å². The van der Waals surface area contributed by atoms with Crippen molar-refractivity contribution in [1.29, 1.82) is 0 Å². The molecule has 0 saturated carbocycles. The number of hydrogen-bond donors (Lipinski definition) is 2. The van der Waals surface area contributed by atoms with Gasteiger partial charge in [0.1, 0.15) is 5.69 Å². The lowest BCUT2D eigenvalue weighted by Crippen LogP contribution is -2.22. The van der Waals surface area contributed by atoms with Crippen LogP contribution in [0.4, 0.5) is 0 Å². The van der Waals surface area contributed by atoms with E-state index in [0.717, 1.165) is 4.68 Å². The highest BCUT2D eigenvalue weighted by molar-refractivity contribution is 7.71. The lowest BCUT2D eigenvalue weighted by Gasteiger charge is -2.06. The molecule has 0 atom stereocenters. The molecule has 110 valence electrons. The summed E-state index contributed by atoms with van der Waals surface area (Å²) in [6.45, 7) is 3.81. The standard InChI is InChI=1S/C13H14N4O3S/c1-3-20-11-6-9(4-5-10(11)18)7-14-17-12(19)8(2)15-16-13(17)21/h4-7,18H,3H2,1-2H3,(H,16,21). The van der Waals surface area contributed by atoms with E-state index in [9.17, 15) is 9.90 Å². The fourth-order valence-corrected chi connectivity index (χ4v) is 1.76. The molecular formula is C13H14N4O3S. The zero-order chi connectivity index (χ0) is 15.4. The van der Waals surface area contributed by atoms with Crippen LogP contribution < -0.4 is 10.3 Å². The summed E-state index contributed by atoms with van der Waals surface area (Å²) in [6.07, 6.45) is 1.45. The second kappa shape index (κ2) is 6.31. The highest BCUT2D eigenvalue weighted by Gasteiger charge is 2.03. The predicted molar refractivity (Wildman–Crippen MR) is 80.7 cm³/mol. The van der Waals surface area contributed by atoms with Crippen LogP contribution in [0, 0.1) is 11.7 Å². The van der Waals surface area contributed by atoms with Gasteiger partial charge in [-0.3, -0.25) is 9.89 Å². The van der Waals surface area contributed by atoms with E-state index in [1.165, 1.54) is 12.3 Å². The molecule has 0 aliphatic rings. The summed E-state index contributed by atoms with van der Waals surface area (Å²) in [5.41, 5.74) is 0.535. The lowest BCUT2D eigenvalue weighted by molar-refractivity contribution is 0.318. The number of aromatic hydroxyl groups is 1. The number of nitrogens with zero attached hydrogens (tertiary/aromatic N) is 3. The van der Waals surface area contributed by atoms with Crippen LogP contribution >= 0.6 is 12.2 Å². The molecule has 0 radical (unpaired) electrons. The number of phenolic OH excluding ortho intramolecular Hbond substituents is 1. The van der Waals surface area contributed by atoms with E-state index in [2.05, 4.69) is 15.3 Å². The molecule has 0 fully saturated rings. The monoisotopic (exact) mass is 306 g/mol. The molecule has 1 aromatic heterocycles. The first-order valence-corrected chi connectivity index (χ1v) is 6.62. The van der Waals surface area contributed by atoms with Crippen LogP contribution in [-0.2, 0) is 0 Å². The third kappa shape index (κ3) is 3.34. The average Bonchev–Trinajstić information content (AvgIpc) is 2.46. The molecule has 0 amide bonds. The van der Waals surface area contributed by atoms with Crippen molar-refractivity contribution >= 4 is 18.4 Å². The minimum absolute atomic E-state index is 0.0446. The van der Waals surface area contributed by atoms with Crippen LogP contribution in [-0.4, -0.2) is 32.8 Å². The fraction of sp³-hybridized carbons (Fsp3) is 0.231. The smallest absolute Gasteiger partial charge is 0.296 e. The van der Waals surface area contributed by atoms with E-state index in [1.54, 1.807) is 19.1 Å². The summed E-state index contributed by atoms with van der Waals surface area (Å²) < 4.78 is 6.43. The Morgan fingerprint density at radius 2 is 2.33 bits per heavy atom. The summed E-state index contributed by atoms with van der Waals surface area (Å²) in [6, 6.07) is 4.76. The molecule has 0 spiro atoms. The highest BCUT2D eigenvalue weighted by atomic mass is 32.1. The summed E-state index contributed by atoms with van der Waals surface area (Å²) in [5.74, 6) is 0.396. The molecule has 0 saturated heterocycles. The number of hydrogen-bond acceptors (Lipinski definition) is 6. The Labute approximate surface area is 125 Å². The third-order valence-corrected chi connectivity index (χ3v) is 2.88. The van der Waals surface area contributed by atoms with Gasteiger partial charge in [0.2, 0.25) is 4.77 Å². The molecule has 2 rings (SSSR count). The molecule has 0 aliphatic carbocycles. The van der Waals surface area contributed by atoms with Crippen LogP contribution in [0.5, 0.6) is 11.5 Å². The molecule has 21 heavy (non-hydrogen) atoms. The minimum Gasteiger partial charge on any atom is -0.504 e. The second-order valence-electron chi connectivity index (χ2n) is 4.14. The largest absolute Gasteiger partial charge is 0.504 e. The molecule has 2 aromatic rings. The van der Waals surface area contributed by atoms with Crippen LogP contribution in [0.25, 0.3) is 0 Å². The Balaban J connectivity index is 2.39. The molecule has 0 bridgehead atoms. The summed E-state index contributed by atoms with van der Waals surface area (Å²) in [4.78, 5) is 11.9. The van der Waals surface area contributed by atoms with Gasteiger partial charge in [0.15, 0.2) is 11.5 Å². The fourth-order valence-electron chi connectivity index (χ4n) is 1.58. The van der Waals surface area contributed by atoms with E-state index >= 15 is 0 Å². The normalized spacial score (nSPS) is 11.0. The van der Waals surface area contributed by atoms with Crippen molar-refractivity contribution in [3.05, 3.63) is 44.6 Å². The molecule has 0 aliphatic heterocycles. The van der Waals surface area contributed by atoms with Crippen LogP contribution in [0.3, 0.4) is 0 Å². The van der Waals surface area contributed by atoms with Gasteiger partial charge in [0, 0.05) is 0 Å². The third-order valence-electron chi connectivity index (χ3n) is 2.62. The van der Waals surface area contributed by atoms with Crippen LogP contribution in [0.1, 0.15) is 18.2 Å². The van der Waals surface area contributed by atoms with Crippen molar-refractivity contribution in [3.8, 4) is 11.5 Å². The zero-order valence-corrected chi connectivity index (χ0v) is 12.3. The summed E-state index contributed by atoms with van der Waals surface area (Å²) >= 11 is 4.97. The van der Waals surface area contributed by atoms with Gasteiger partial charge in [-0.25, -0.2) is 0 Å². The highest BCUT2D eigenvalue weighted by Crippen LogP contribution is 2.26. The number of aryl methyl sites for hydroxylation is 1. The predicted octanol–water partition coefficient (Wildman–Crippen LogP) is 1.60. The molecule has 2 N–H and O–H groups in total. The van der Waals surface area contributed by atoms with Crippen molar-refractivity contribution < 1.29 is 9.84 Å². The van der Waals surface area contributed by atoms with Crippen molar-refractivity contribution in [2.45, 2.75) is 13.8 Å². The Bertz CT molecular complexity index is 795. The van der Waals surface area contributed by atoms with E-state index in [-0.39, 0.29) is 21.8 Å². The van der Waals surface area contributed by atoms with E-state index in [0.29, 0.717) is 17.9 Å². The molecule has 1 heterocycles. The van der Waals surface area contributed by atoms with E-state index in [1.807, 2.05) is 6.92 Å². The second-order valence-corrected chi connectivity index (χ2v) is 4.52. The number of phenols is 1. The van der Waals surface area contributed by atoms with Gasteiger partial charge in [-0.1, -0.05) is 0 Å². The number of rotatable bonds is 4. The van der Waals surface area contributed by atoms with Gasteiger partial charge in [-0.15, -0.1) is 0 Å². The number of aromatic amines is 1. The van der Waals surface area contributed by atoms with Crippen molar-refractivity contribution in [2.24, 2.45) is 5.10 Å². The summed E-state index contributed by atoms with van der Waals surface area (Å²) in [7, 11) is 0. The topological polar surface area (TPSA) is 92.5 Å². The number of nitrogens with one attached hydrogen (secondary N) is 1. The maximum Gasteiger partial charge on any atom is 0.296 e.